The van der Waals surface area contributed by atoms with Crippen molar-refractivity contribution in [2.75, 3.05) is 6.54 Å². The Morgan fingerprint density at radius 3 is 2.57 bits per heavy atom. The molecule has 1 N–H and O–H groups in total. The summed E-state index contributed by atoms with van der Waals surface area (Å²) in [5.74, 6) is 1.55. The molecule has 0 radical (unpaired) electrons. The summed E-state index contributed by atoms with van der Waals surface area (Å²) in [6, 6.07) is 4.04. The van der Waals surface area contributed by atoms with Gasteiger partial charge in [0.05, 0.1) is 0 Å². The maximum atomic E-state index is 6.38. The van der Waals surface area contributed by atoms with Crippen LogP contribution in [0.2, 0.25) is 5.02 Å². The lowest BCUT2D eigenvalue weighted by Gasteiger charge is -2.34. The van der Waals surface area contributed by atoms with Crippen LogP contribution in [-0.2, 0) is 29.7 Å². The van der Waals surface area contributed by atoms with E-state index >= 15 is 0 Å². The highest BCUT2D eigenvalue weighted by atomic mass is 35.5. The van der Waals surface area contributed by atoms with E-state index in [9.17, 15) is 0 Å². The highest BCUT2D eigenvalue weighted by Crippen LogP contribution is 2.36. The van der Waals surface area contributed by atoms with Crippen LogP contribution in [0, 0.1) is 6.92 Å². The van der Waals surface area contributed by atoms with Gasteiger partial charge in [-0.3, -0.25) is 5.10 Å². The van der Waals surface area contributed by atoms with Crippen molar-refractivity contribution in [2.24, 2.45) is 0 Å². The van der Waals surface area contributed by atoms with Crippen molar-refractivity contribution in [1.29, 1.82) is 0 Å². The molecule has 164 valence electrons. The molecule has 6 heteroatoms. The lowest BCUT2D eigenvalue weighted by molar-refractivity contribution is -0.000865. The van der Waals surface area contributed by atoms with Crippen LogP contribution in [-0.4, -0.2) is 27.2 Å². The van der Waals surface area contributed by atoms with Gasteiger partial charge >= 0.3 is 0 Å². The zero-order valence-corrected chi connectivity index (χ0v) is 20.0. The Morgan fingerprint density at radius 2 is 1.93 bits per heavy atom. The number of aryl methyl sites for hydroxylation is 1. The van der Waals surface area contributed by atoms with Crippen LogP contribution < -0.4 is 4.74 Å². The van der Waals surface area contributed by atoms with Gasteiger partial charge < -0.3 is 14.4 Å². The molecule has 2 aromatic rings. The van der Waals surface area contributed by atoms with Gasteiger partial charge in [0, 0.05) is 41.4 Å². The number of ether oxygens (including phenoxy) is 2. The van der Waals surface area contributed by atoms with Crippen LogP contribution in [0.5, 0.6) is 5.75 Å². The zero-order valence-electron chi connectivity index (χ0n) is 19.3. The molecule has 1 aromatic carbocycles. The first-order valence-electron chi connectivity index (χ1n) is 10.5. The minimum absolute atomic E-state index is 0.0729. The van der Waals surface area contributed by atoms with Crippen LogP contribution >= 0.6 is 11.6 Å². The van der Waals surface area contributed by atoms with Gasteiger partial charge in [-0.2, -0.15) is 5.10 Å². The number of hydrogen-bond acceptors (Lipinski definition) is 4. The van der Waals surface area contributed by atoms with E-state index in [2.05, 4.69) is 42.4 Å². The number of aromatic nitrogens is 2. The van der Waals surface area contributed by atoms with Gasteiger partial charge in [0.15, 0.2) is 5.88 Å². The third kappa shape index (κ3) is 5.12. The molecular formula is C24H34ClN3O2. The van der Waals surface area contributed by atoms with E-state index in [0.29, 0.717) is 19.0 Å². The molecule has 0 unspecified atom stereocenters. The number of hydrogen-bond donors (Lipinski definition) is 1. The SMILES string of the molecule is C=C(OC(C)(C)C)N1CCc2[nH]nc(COc3cc(C)c(Cl)cc3C(C)(C)C)c2C1. The average Bonchev–Trinajstić information content (AvgIpc) is 3.02. The van der Waals surface area contributed by atoms with Crippen molar-refractivity contribution in [3.8, 4) is 5.75 Å². The molecule has 0 fully saturated rings. The highest BCUT2D eigenvalue weighted by Gasteiger charge is 2.26. The van der Waals surface area contributed by atoms with Crippen molar-refractivity contribution in [3.05, 3.63) is 57.7 Å². The van der Waals surface area contributed by atoms with Crippen molar-refractivity contribution >= 4 is 11.6 Å². The molecule has 1 aliphatic heterocycles. The third-order valence-electron chi connectivity index (χ3n) is 5.23. The van der Waals surface area contributed by atoms with Gasteiger partial charge in [0.2, 0.25) is 0 Å². The number of halogens is 1. The topological polar surface area (TPSA) is 50.4 Å². The summed E-state index contributed by atoms with van der Waals surface area (Å²) < 4.78 is 12.2. The lowest BCUT2D eigenvalue weighted by Crippen LogP contribution is -2.34. The van der Waals surface area contributed by atoms with Gasteiger partial charge in [-0.15, -0.1) is 0 Å². The van der Waals surface area contributed by atoms with E-state index in [0.717, 1.165) is 46.3 Å². The largest absolute Gasteiger partial charge is 0.487 e. The van der Waals surface area contributed by atoms with Gasteiger partial charge in [-0.05, 0) is 57.4 Å². The van der Waals surface area contributed by atoms with E-state index in [4.69, 9.17) is 21.1 Å². The number of aromatic amines is 1. The first-order valence-corrected chi connectivity index (χ1v) is 10.8. The molecule has 1 aromatic heterocycles. The van der Waals surface area contributed by atoms with E-state index in [1.807, 2.05) is 39.8 Å². The number of H-pyrrole nitrogens is 1. The molecule has 3 rings (SSSR count). The smallest absolute Gasteiger partial charge is 0.182 e. The fraction of sp³-hybridized carbons (Fsp3) is 0.542. The quantitative estimate of drug-likeness (QED) is 0.599. The Labute approximate surface area is 185 Å². The zero-order chi connectivity index (χ0) is 22.3. The molecule has 30 heavy (non-hydrogen) atoms. The third-order valence-corrected chi connectivity index (χ3v) is 5.64. The molecule has 0 saturated heterocycles. The second-order valence-corrected chi connectivity index (χ2v) is 10.5. The molecule has 0 aliphatic carbocycles. The van der Waals surface area contributed by atoms with E-state index in [-0.39, 0.29) is 11.0 Å². The fourth-order valence-electron chi connectivity index (χ4n) is 3.61. The normalized spacial score (nSPS) is 14.5. The van der Waals surface area contributed by atoms with Gasteiger partial charge in [0.25, 0.3) is 0 Å². The average molecular weight is 432 g/mol. The second kappa shape index (κ2) is 8.18. The minimum atomic E-state index is -0.268. The minimum Gasteiger partial charge on any atom is -0.487 e. The van der Waals surface area contributed by atoms with Crippen molar-refractivity contribution in [2.45, 2.75) is 79.1 Å². The van der Waals surface area contributed by atoms with Crippen LogP contribution in [0.3, 0.4) is 0 Å². The summed E-state index contributed by atoms with van der Waals surface area (Å²) in [5, 5.41) is 8.49. The fourth-order valence-corrected chi connectivity index (χ4v) is 3.77. The molecule has 0 spiro atoms. The Morgan fingerprint density at radius 1 is 1.23 bits per heavy atom. The molecular weight excluding hydrogens is 398 g/mol. The van der Waals surface area contributed by atoms with E-state index in [1.54, 1.807) is 0 Å². The lowest BCUT2D eigenvalue weighted by atomic mass is 9.86. The van der Waals surface area contributed by atoms with E-state index in [1.165, 1.54) is 5.56 Å². The van der Waals surface area contributed by atoms with Crippen molar-refractivity contribution < 1.29 is 9.47 Å². The summed E-state index contributed by atoms with van der Waals surface area (Å²) in [6.45, 7) is 20.7. The summed E-state index contributed by atoms with van der Waals surface area (Å²) >= 11 is 6.38. The predicted octanol–water partition coefficient (Wildman–Crippen LogP) is 5.89. The highest BCUT2D eigenvalue weighted by molar-refractivity contribution is 6.31. The first kappa shape index (κ1) is 22.5. The van der Waals surface area contributed by atoms with Crippen molar-refractivity contribution in [1.82, 2.24) is 15.1 Å². The molecule has 0 amide bonds. The summed E-state index contributed by atoms with van der Waals surface area (Å²) in [7, 11) is 0. The molecule has 0 bridgehead atoms. The van der Waals surface area contributed by atoms with Gasteiger partial charge in [0.1, 0.15) is 23.7 Å². The summed E-state index contributed by atoms with van der Waals surface area (Å²) in [6.07, 6.45) is 0.877. The van der Waals surface area contributed by atoms with Crippen molar-refractivity contribution in [3.63, 3.8) is 0 Å². The maximum Gasteiger partial charge on any atom is 0.182 e. The molecule has 5 nitrogen and oxygen atoms in total. The number of nitrogens with one attached hydrogen (secondary N) is 1. The van der Waals surface area contributed by atoms with E-state index < -0.39 is 0 Å². The summed E-state index contributed by atoms with van der Waals surface area (Å²) in [5.41, 5.74) is 5.01. The second-order valence-electron chi connectivity index (χ2n) is 10.0. The first-order chi connectivity index (χ1) is 13.8. The Hall–Kier alpha value is -2.14. The predicted molar refractivity (Wildman–Crippen MR) is 122 cm³/mol. The summed E-state index contributed by atoms with van der Waals surface area (Å²) in [4.78, 5) is 2.17. The number of nitrogens with zero attached hydrogens (tertiary/aromatic N) is 2. The van der Waals surface area contributed by atoms with Crippen LogP contribution in [0.25, 0.3) is 0 Å². The van der Waals surface area contributed by atoms with Crippen LogP contribution in [0.15, 0.2) is 24.6 Å². The molecule has 0 saturated carbocycles. The Bertz CT molecular complexity index is 935. The Balaban J connectivity index is 1.78. The van der Waals surface area contributed by atoms with Gasteiger partial charge in [-0.25, -0.2) is 0 Å². The molecule has 2 heterocycles. The number of benzene rings is 1. The van der Waals surface area contributed by atoms with Gasteiger partial charge in [-0.1, -0.05) is 32.4 Å². The standard InChI is InChI=1S/C24H34ClN3O2/c1-15-11-22(18(12-19(15)25)23(3,4)5)29-14-21-17-13-28(10-9-20(17)26-27-21)16(2)30-24(6,7)8/h11-12H,2,9-10,13-14H2,1,3-8H3,(H,26,27). The molecule has 0 atom stereocenters. The monoisotopic (exact) mass is 431 g/mol. The number of fused-ring (bicyclic) bond motifs is 1. The molecule has 1 aliphatic rings. The maximum absolute atomic E-state index is 6.38. The van der Waals surface area contributed by atoms with Crippen LogP contribution in [0.4, 0.5) is 0 Å². The van der Waals surface area contributed by atoms with Crippen LogP contribution in [0.1, 0.15) is 69.6 Å². The number of rotatable bonds is 5. The Kier molecular flexibility index (Phi) is 6.15.